The molecule has 6 nitrogen and oxygen atoms in total. The number of hydrogen-bond donors (Lipinski definition) is 1. The van der Waals surface area contributed by atoms with Crippen LogP contribution in [0.25, 0.3) is 0 Å². The second-order valence-electron chi connectivity index (χ2n) is 3.51. The van der Waals surface area contributed by atoms with Crippen molar-refractivity contribution < 1.29 is 8.42 Å². The number of rotatable bonds is 5. The first-order valence-electron chi connectivity index (χ1n) is 5.15. The minimum absolute atomic E-state index is 0.136. The third-order valence-corrected chi connectivity index (χ3v) is 4.04. The van der Waals surface area contributed by atoms with E-state index in [0.29, 0.717) is 11.0 Å². The fourth-order valence-electron chi connectivity index (χ4n) is 1.35. The van der Waals surface area contributed by atoms with Crippen LogP contribution in [0.3, 0.4) is 0 Å². The SMILES string of the molecule is O=S(=O)(NCCn1cccn1)c1cncc(Br)c1. The highest BCUT2D eigenvalue weighted by atomic mass is 79.9. The summed E-state index contributed by atoms with van der Waals surface area (Å²) < 4.78 is 28.6. The van der Waals surface area contributed by atoms with Crippen molar-refractivity contribution in [3.63, 3.8) is 0 Å². The summed E-state index contributed by atoms with van der Waals surface area (Å²) >= 11 is 3.19. The summed E-state index contributed by atoms with van der Waals surface area (Å²) in [6, 6.07) is 3.29. The molecule has 0 saturated carbocycles. The minimum Gasteiger partial charge on any atom is -0.271 e. The summed E-state index contributed by atoms with van der Waals surface area (Å²) in [5, 5.41) is 3.98. The lowest BCUT2D eigenvalue weighted by Crippen LogP contribution is -2.27. The van der Waals surface area contributed by atoms with Gasteiger partial charge in [0.25, 0.3) is 0 Å². The van der Waals surface area contributed by atoms with E-state index in [1.165, 1.54) is 18.5 Å². The highest BCUT2D eigenvalue weighted by Crippen LogP contribution is 2.13. The van der Waals surface area contributed by atoms with Gasteiger partial charge in [0.05, 0.1) is 6.54 Å². The molecule has 0 aliphatic carbocycles. The van der Waals surface area contributed by atoms with Gasteiger partial charge in [-0.25, -0.2) is 13.1 Å². The van der Waals surface area contributed by atoms with Crippen molar-refractivity contribution in [1.29, 1.82) is 0 Å². The maximum absolute atomic E-state index is 11.9. The van der Waals surface area contributed by atoms with Crippen LogP contribution in [-0.2, 0) is 16.6 Å². The molecule has 0 spiro atoms. The van der Waals surface area contributed by atoms with Gasteiger partial charge in [-0.15, -0.1) is 0 Å². The predicted octanol–water partition coefficient (Wildman–Crippen LogP) is 1.02. The zero-order valence-corrected chi connectivity index (χ0v) is 11.7. The smallest absolute Gasteiger partial charge is 0.242 e. The van der Waals surface area contributed by atoms with Crippen LogP contribution in [0.15, 0.2) is 46.3 Å². The molecular weight excluding hydrogens is 320 g/mol. The van der Waals surface area contributed by atoms with E-state index in [4.69, 9.17) is 0 Å². The number of pyridine rings is 1. The van der Waals surface area contributed by atoms with Gasteiger partial charge in [0.2, 0.25) is 10.0 Å². The van der Waals surface area contributed by atoms with Crippen LogP contribution < -0.4 is 4.72 Å². The maximum Gasteiger partial charge on any atom is 0.242 e. The summed E-state index contributed by atoms with van der Waals surface area (Å²) in [5.41, 5.74) is 0. The van der Waals surface area contributed by atoms with E-state index in [0.717, 1.165) is 0 Å². The zero-order chi connectivity index (χ0) is 13.0. The van der Waals surface area contributed by atoms with Gasteiger partial charge in [0, 0.05) is 35.8 Å². The lowest BCUT2D eigenvalue weighted by molar-refractivity contribution is 0.560. The number of halogens is 1. The van der Waals surface area contributed by atoms with Crippen molar-refractivity contribution in [2.45, 2.75) is 11.4 Å². The largest absolute Gasteiger partial charge is 0.271 e. The van der Waals surface area contributed by atoms with E-state index >= 15 is 0 Å². The van der Waals surface area contributed by atoms with E-state index in [1.54, 1.807) is 23.1 Å². The fraction of sp³-hybridized carbons (Fsp3) is 0.200. The molecule has 0 fully saturated rings. The number of sulfonamides is 1. The van der Waals surface area contributed by atoms with Crippen molar-refractivity contribution in [3.8, 4) is 0 Å². The molecule has 0 atom stereocenters. The molecule has 1 N–H and O–H groups in total. The highest BCUT2D eigenvalue weighted by molar-refractivity contribution is 9.10. The van der Waals surface area contributed by atoms with E-state index in [2.05, 4.69) is 30.7 Å². The van der Waals surface area contributed by atoms with Gasteiger partial charge in [-0.1, -0.05) is 0 Å². The Morgan fingerprint density at radius 1 is 1.39 bits per heavy atom. The molecule has 2 rings (SSSR count). The third kappa shape index (κ3) is 3.37. The van der Waals surface area contributed by atoms with Crippen LogP contribution in [-0.4, -0.2) is 29.7 Å². The molecule has 0 saturated heterocycles. The van der Waals surface area contributed by atoms with E-state index in [1.807, 2.05) is 0 Å². The molecule has 2 heterocycles. The van der Waals surface area contributed by atoms with Gasteiger partial charge in [-0.3, -0.25) is 9.67 Å². The van der Waals surface area contributed by atoms with Crippen LogP contribution >= 0.6 is 15.9 Å². The molecule has 2 aromatic heterocycles. The third-order valence-electron chi connectivity index (χ3n) is 2.18. The molecule has 2 aromatic rings. The highest BCUT2D eigenvalue weighted by Gasteiger charge is 2.13. The predicted molar refractivity (Wildman–Crippen MR) is 69.4 cm³/mol. The molecule has 18 heavy (non-hydrogen) atoms. The van der Waals surface area contributed by atoms with Gasteiger partial charge >= 0.3 is 0 Å². The molecule has 8 heteroatoms. The molecule has 0 unspecified atom stereocenters. The molecule has 96 valence electrons. The Kier molecular flexibility index (Phi) is 4.10. The molecule has 0 radical (unpaired) electrons. The van der Waals surface area contributed by atoms with E-state index in [-0.39, 0.29) is 11.4 Å². The number of hydrogen-bond acceptors (Lipinski definition) is 4. The summed E-state index contributed by atoms with van der Waals surface area (Å²) in [5.74, 6) is 0. The van der Waals surface area contributed by atoms with Crippen LogP contribution in [0, 0.1) is 0 Å². The van der Waals surface area contributed by atoms with Crippen molar-refractivity contribution in [3.05, 3.63) is 41.4 Å². The standard InChI is InChI=1S/C10H11BrN4O2S/c11-9-6-10(8-12-7-9)18(16,17)14-3-5-15-4-1-2-13-15/h1-2,4,6-8,14H,3,5H2. The summed E-state index contributed by atoms with van der Waals surface area (Å²) in [7, 11) is -3.52. The molecule has 0 bridgehead atoms. The normalized spacial score (nSPS) is 11.6. The van der Waals surface area contributed by atoms with Gasteiger partial charge in [0.15, 0.2) is 0 Å². The second kappa shape index (κ2) is 5.59. The first-order valence-corrected chi connectivity index (χ1v) is 7.43. The molecule has 0 aliphatic rings. The maximum atomic E-state index is 11.9. The lowest BCUT2D eigenvalue weighted by atomic mass is 10.5. The van der Waals surface area contributed by atoms with Crippen molar-refractivity contribution >= 4 is 26.0 Å². The topological polar surface area (TPSA) is 76.9 Å². The van der Waals surface area contributed by atoms with Crippen LogP contribution in [0.5, 0.6) is 0 Å². The number of nitrogens with zero attached hydrogens (tertiary/aromatic N) is 3. The van der Waals surface area contributed by atoms with Crippen LogP contribution in [0.2, 0.25) is 0 Å². The Hall–Kier alpha value is -1.25. The van der Waals surface area contributed by atoms with Crippen LogP contribution in [0.4, 0.5) is 0 Å². The average molecular weight is 331 g/mol. The first kappa shape index (κ1) is 13.2. The van der Waals surface area contributed by atoms with E-state index in [9.17, 15) is 8.42 Å². The van der Waals surface area contributed by atoms with Crippen molar-refractivity contribution in [1.82, 2.24) is 19.5 Å². The molecule has 0 amide bonds. The van der Waals surface area contributed by atoms with Crippen LogP contribution in [0.1, 0.15) is 0 Å². The van der Waals surface area contributed by atoms with Gasteiger partial charge in [0.1, 0.15) is 4.90 Å². The summed E-state index contributed by atoms with van der Waals surface area (Å²) in [6.07, 6.45) is 6.26. The number of aromatic nitrogens is 3. The Morgan fingerprint density at radius 2 is 2.22 bits per heavy atom. The fourth-order valence-corrected chi connectivity index (χ4v) is 2.87. The lowest BCUT2D eigenvalue weighted by Gasteiger charge is -2.06. The Labute approximate surface area is 113 Å². The number of nitrogens with one attached hydrogen (secondary N) is 1. The van der Waals surface area contributed by atoms with Gasteiger partial charge in [-0.05, 0) is 28.1 Å². The van der Waals surface area contributed by atoms with Crippen molar-refractivity contribution in [2.75, 3.05) is 6.54 Å². The molecular formula is C10H11BrN4O2S. The Morgan fingerprint density at radius 3 is 2.89 bits per heavy atom. The Balaban J connectivity index is 1.99. The molecule has 0 aliphatic heterocycles. The second-order valence-corrected chi connectivity index (χ2v) is 6.19. The summed E-state index contributed by atoms with van der Waals surface area (Å²) in [4.78, 5) is 3.96. The van der Waals surface area contributed by atoms with Gasteiger partial charge < -0.3 is 0 Å². The first-order chi connectivity index (χ1) is 8.58. The molecule has 0 aromatic carbocycles. The Bertz CT molecular complexity index is 613. The van der Waals surface area contributed by atoms with Gasteiger partial charge in [-0.2, -0.15) is 5.10 Å². The monoisotopic (exact) mass is 330 g/mol. The van der Waals surface area contributed by atoms with E-state index < -0.39 is 10.0 Å². The van der Waals surface area contributed by atoms with Crippen molar-refractivity contribution in [2.24, 2.45) is 0 Å². The zero-order valence-electron chi connectivity index (χ0n) is 9.32. The average Bonchev–Trinajstić information content (AvgIpc) is 2.82. The minimum atomic E-state index is -3.52. The summed E-state index contributed by atoms with van der Waals surface area (Å²) in [6.45, 7) is 0.754. The quantitative estimate of drug-likeness (QED) is 0.887.